The Balaban J connectivity index is 1.24. The number of likely N-dealkylation sites (tertiary alicyclic amines) is 1. The number of sulfonamides is 1. The van der Waals surface area contributed by atoms with E-state index in [1.54, 1.807) is 31.4 Å². The maximum atomic E-state index is 13.1. The van der Waals surface area contributed by atoms with Gasteiger partial charge in [0.15, 0.2) is 0 Å². The zero-order valence-electron chi connectivity index (χ0n) is 19.4. The summed E-state index contributed by atoms with van der Waals surface area (Å²) in [7, 11) is -1.99. The smallest absolute Gasteiger partial charge is 0.243 e. The van der Waals surface area contributed by atoms with Crippen LogP contribution in [0.5, 0.6) is 5.75 Å². The molecule has 4 rings (SSSR count). The van der Waals surface area contributed by atoms with Crippen LogP contribution >= 0.6 is 0 Å². The first-order valence-electron chi connectivity index (χ1n) is 11.9. The summed E-state index contributed by atoms with van der Waals surface area (Å²) in [6, 6.07) is 17.1. The molecule has 0 aliphatic carbocycles. The SMILES string of the molecule is COc1ccc(S(=O)(=O)N2CCC(C(=O)N3CCC(CCc4ccccc4)CC3)CC2)cc1. The molecule has 0 radical (unpaired) electrons. The fourth-order valence-electron chi connectivity index (χ4n) is 4.96. The van der Waals surface area contributed by atoms with Crippen LogP contribution in [0.1, 0.15) is 37.7 Å². The number of benzene rings is 2. The standard InChI is InChI=1S/C26H34N2O4S/c1-32-24-9-11-25(12-10-24)33(30,31)28-19-15-23(16-20-28)26(29)27-17-13-22(14-18-27)8-7-21-5-3-2-4-6-21/h2-6,9-12,22-23H,7-8,13-20H2,1H3. The van der Waals surface area contributed by atoms with Gasteiger partial charge < -0.3 is 9.64 Å². The number of nitrogens with zero attached hydrogens (tertiary/aromatic N) is 2. The number of piperidine rings is 2. The van der Waals surface area contributed by atoms with Gasteiger partial charge in [0.2, 0.25) is 15.9 Å². The van der Waals surface area contributed by atoms with Crippen LogP contribution in [0.3, 0.4) is 0 Å². The van der Waals surface area contributed by atoms with Crippen molar-refractivity contribution < 1.29 is 17.9 Å². The van der Waals surface area contributed by atoms with Crippen LogP contribution in [0.2, 0.25) is 0 Å². The molecule has 6 nitrogen and oxygen atoms in total. The normalized spacial score (nSPS) is 18.9. The lowest BCUT2D eigenvalue weighted by Gasteiger charge is -2.37. The molecule has 33 heavy (non-hydrogen) atoms. The highest BCUT2D eigenvalue weighted by Gasteiger charge is 2.34. The first-order valence-corrected chi connectivity index (χ1v) is 13.4. The number of hydrogen-bond donors (Lipinski definition) is 0. The van der Waals surface area contributed by atoms with E-state index >= 15 is 0 Å². The summed E-state index contributed by atoms with van der Waals surface area (Å²) < 4.78 is 32.5. The highest BCUT2D eigenvalue weighted by molar-refractivity contribution is 7.89. The van der Waals surface area contributed by atoms with Crippen molar-refractivity contribution in [2.45, 2.75) is 43.4 Å². The van der Waals surface area contributed by atoms with Gasteiger partial charge in [-0.2, -0.15) is 4.31 Å². The van der Waals surface area contributed by atoms with Crippen molar-refractivity contribution in [3.63, 3.8) is 0 Å². The van der Waals surface area contributed by atoms with Gasteiger partial charge in [-0.15, -0.1) is 0 Å². The summed E-state index contributed by atoms with van der Waals surface area (Å²) in [5.41, 5.74) is 1.38. The Bertz CT molecular complexity index is 1010. The number of aryl methyl sites for hydroxylation is 1. The molecule has 2 heterocycles. The van der Waals surface area contributed by atoms with Gasteiger partial charge in [-0.25, -0.2) is 8.42 Å². The molecule has 0 saturated carbocycles. The van der Waals surface area contributed by atoms with E-state index in [1.807, 2.05) is 11.0 Å². The van der Waals surface area contributed by atoms with Gasteiger partial charge in [-0.05, 0) is 74.3 Å². The van der Waals surface area contributed by atoms with Gasteiger partial charge in [0.05, 0.1) is 12.0 Å². The highest BCUT2D eigenvalue weighted by Crippen LogP contribution is 2.28. The van der Waals surface area contributed by atoms with Gasteiger partial charge >= 0.3 is 0 Å². The molecule has 0 spiro atoms. The largest absolute Gasteiger partial charge is 0.497 e. The first kappa shape index (κ1) is 23.8. The van der Waals surface area contributed by atoms with E-state index in [9.17, 15) is 13.2 Å². The lowest BCUT2D eigenvalue weighted by atomic mass is 9.89. The second-order valence-electron chi connectivity index (χ2n) is 9.15. The van der Waals surface area contributed by atoms with Crippen LogP contribution in [-0.4, -0.2) is 56.8 Å². The van der Waals surface area contributed by atoms with Crippen molar-refractivity contribution in [3.05, 3.63) is 60.2 Å². The molecule has 2 aromatic carbocycles. The van der Waals surface area contributed by atoms with Crippen molar-refractivity contribution in [3.8, 4) is 5.75 Å². The molecule has 0 atom stereocenters. The zero-order valence-corrected chi connectivity index (χ0v) is 20.2. The van der Waals surface area contributed by atoms with E-state index in [0.717, 1.165) is 32.4 Å². The average molecular weight is 471 g/mol. The maximum absolute atomic E-state index is 13.1. The van der Waals surface area contributed by atoms with E-state index in [4.69, 9.17) is 4.74 Å². The summed E-state index contributed by atoms with van der Waals surface area (Å²) in [6.07, 6.45) is 5.56. The summed E-state index contributed by atoms with van der Waals surface area (Å²) in [6.45, 7) is 2.42. The van der Waals surface area contributed by atoms with Crippen molar-refractivity contribution >= 4 is 15.9 Å². The topological polar surface area (TPSA) is 66.9 Å². The van der Waals surface area contributed by atoms with Gasteiger partial charge in [-0.1, -0.05) is 30.3 Å². The number of rotatable bonds is 7. The van der Waals surface area contributed by atoms with E-state index < -0.39 is 10.0 Å². The van der Waals surface area contributed by atoms with Crippen molar-refractivity contribution in [1.29, 1.82) is 0 Å². The lowest BCUT2D eigenvalue weighted by Crippen LogP contribution is -2.46. The Hall–Kier alpha value is -2.38. The summed E-state index contributed by atoms with van der Waals surface area (Å²) >= 11 is 0. The third-order valence-corrected chi connectivity index (χ3v) is 9.02. The molecule has 2 aliphatic heterocycles. The maximum Gasteiger partial charge on any atom is 0.243 e. The van der Waals surface area contributed by atoms with E-state index in [2.05, 4.69) is 24.3 Å². The Morgan fingerprint density at radius 2 is 1.55 bits per heavy atom. The molecule has 7 heteroatoms. The van der Waals surface area contributed by atoms with Crippen LogP contribution in [0.25, 0.3) is 0 Å². The van der Waals surface area contributed by atoms with Crippen LogP contribution in [0, 0.1) is 11.8 Å². The van der Waals surface area contributed by atoms with Gasteiger partial charge in [0.25, 0.3) is 0 Å². The zero-order chi connectivity index (χ0) is 23.3. The van der Waals surface area contributed by atoms with Gasteiger partial charge in [-0.3, -0.25) is 4.79 Å². The lowest BCUT2D eigenvalue weighted by molar-refractivity contribution is -0.138. The minimum atomic E-state index is -3.54. The molecular weight excluding hydrogens is 436 g/mol. The molecule has 0 aromatic heterocycles. The number of ether oxygens (including phenoxy) is 1. The van der Waals surface area contributed by atoms with Crippen molar-refractivity contribution in [2.24, 2.45) is 11.8 Å². The molecule has 2 aromatic rings. The number of carbonyl (C=O) groups is 1. The quantitative estimate of drug-likeness (QED) is 0.614. The van der Waals surface area contributed by atoms with E-state index in [-0.39, 0.29) is 16.7 Å². The average Bonchev–Trinajstić information content (AvgIpc) is 2.88. The minimum absolute atomic E-state index is 0.0758. The molecule has 2 aliphatic rings. The molecule has 0 unspecified atom stereocenters. The summed E-state index contributed by atoms with van der Waals surface area (Å²) in [5.74, 6) is 1.43. The van der Waals surface area contributed by atoms with Crippen molar-refractivity contribution in [2.75, 3.05) is 33.3 Å². The van der Waals surface area contributed by atoms with Gasteiger partial charge in [0, 0.05) is 32.1 Å². The van der Waals surface area contributed by atoms with E-state index in [0.29, 0.717) is 37.6 Å². The van der Waals surface area contributed by atoms with Crippen LogP contribution in [-0.2, 0) is 21.2 Å². The number of carbonyl (C=O) groups excluding carboxylic acids is 1. The number of amides is 1. The van der Waals surface area contributed by atoms with Crippen LogP contribution in [0.15, 0.2) is 59.5 Å². The second kappa shape index (κ2) is 10.7. The molecule has 0 N–H and O–H groups in total. The second-order valence-corrected chi connectivity index (χ2v) is 11.1. The molecule has 0 bridgehead atoms. The Morgan fingerprint density at radius 1 is 0.909 bits per heavy atom. The Morgan fingerprint density at radius 3 is 2.15 bits per heavy atom. The Kier molecular flexibility index (Phi) is 7.71. The number of methoxy groups -OCH3 is 1. The summed E-state index contributed by atoms with van der Waals surface area (Å²) in [4.78, 5) is 15.4. The molecule has 1 amide bonds. The highest BCUT2D eigenvalue weighted by atomic mass is 32.2. The fraction of sp³-hybridized carbons (Fsp3) is 0.500. The van der Waals surface area contributed by atoms with Gasteiger partial charge in [0.1, 0.15) is 5.75 Å². The fourth-order valence-corrected chi connectivity index (χ4v) is 6.43. The number of hydrogen-bond acceptors (Lipinski definition) is 4. The Labute approximate surface area is 197 Å². The third kappa shape index (κ3) is 5.76. The predicted molar refractivity (Wildman–Crippen MR) is 129 cm³/mol. The monoisotopic (exact) mass is 470 g/mol. The summed E-state index contributed by atoms with van der Waals surface area (Å²) in [5, 5.41) is 0. The third-order valence-electron chi connectivity index (χ3n) is 7.11. The first-order chi connectivity index (χ1) is 16.0. The minimum Gasteiger partial charge on any atom is -0.497 e. The predicted octanol–water partition coefficient (Wildman–Crippen LogP) is 3.97. The van der Waals surface area contributed by atoms with E-state index in [1.165, 1.54) is 16.3 Å². The molecule has 2 saturated heterocycles. The van der Waals surface area contributed by atoms with Crippen molar-refractivity contribution in [1.82, 2.24) is 9.21 Å². The van der Waals surface area contributed by atoms with Crippen LogP contribution < -0.4 is 4.74 Å². The molecule has 178 valence electrons. The molecule has 2 fully saturated rings. The molecular formula is C26H34N2O4S. The van der Waals surface area contributed by atoms with Crippen LogP contribution in [0.4, 0.5) is 0 Å².